The first kappa shape index (κ1) is 15.4. The van der Waals surface area contributed by atoms with E-state index in [9.17, 15) is 8.42 Å². The van der Waals surface area contributed by atoms with Crippen LogP contribution in [0.15, 0.2) is 45.8 Å². The predicted octanol–water partition coefficient (Wildman–Crippen LogP) is 4.52. The van der Waals surface area contributed by atoms with E-state index in [0.29, 0.717) is 10.7 Å². The molecule has 0 heterocycles. The molecular formula is C14H13BrClNO2S. The Bertz CT molecular complexity index is 760. The summed E-state index contributed by atoms with van der Waals surface area (Å²) in [5, 5.41) is 0.348. The molecule has 0 saturated heterocycles. The summed E-state index contributed by atoms with van der Waals surface area (Å²) in [4.78, 5) is 0.219. The van der Waals surface area contributed by atoms with Crippen LogP contribution >= 0.6 is 27.5 Å². The molecule has 106 valence electrons. The van der Waals surface area contributed by atoms with Crippen molar-refractivity contribution in [2.24, 2.45) is 0 Å². The van der Waals surface area contributed by atoms with Crippen molar-refractivity contribution in [2.75, 3.05) is 4.72 Å². The number of nitrogens with one attached hydrogen (secondary N) is 1. The van der Waals surface area contributed by atoms with Crippen molar-refractivity contribution < 1.29 is 8.42 Å². The Morgan fingerprint density at radius 2 is 1.75 bits per heavy atom. The quantitative estimate of drug-likeness (QED) is 0.858. The molecule has 0 unspecified atom stereocenters. The number of benzene rings is 2. The molecule has 0 aromatic heterocycles. The molecule has 0 aliphatic heterocycles. The number of aryl methyl sites for hydroxylation is 2. The Labute approximate surface area is 132 Å². The lowest BCUT2D eigenvalue weighted by atomic mass is 10.1. The van der Waals surface area contributed by atoms with Crippen LogP contribution in [0.2, 0.25) is 5.02 Å². The van der Waals surface area contributed by atoms with Crippen molar-refractivity contribution in [1.29, 1.82) is 0 Å². The van der Waals surface area contributed by atoms with Gasteiger partial charge in [0.2, 0.25) is 0 Å². The van der Waals surface area contributed by atoms with Crippen LogP contribution in [0.1, 0.15) is 11.1 Å². The van der Waals surface area contributed by atoms with Crippen LogP contribution in [0.25, 0.3) is 0 Å². The van der Waals surface area contributed by atoms with E-state index >= 15 is 0 Å². The maximum Gasteiger partial charge on any atom is 0.261 e. The molecule has 0 radical (unpaired) electrons. The largest absolute Gasteiger partial charge is 0.278 e. The molecule has 0 aliphatic rings. The summed E-state index contributed by atoms with van der Waals surface area (Å²) >= 11 is 9.29. The number of rotatable bonds is 3. The number of hydrogen-bond donors (Lipinski definition) is 1. The smallest absolute Gasteiger partial charge is 0.261 e. The number of hydrogen-bond acceptors (Lipinski definition) is 2. The highest BCUT2D eigenvalue weighted by Gasteiger charge is 2.16. The van der Waals surface area contributed by atoms with Gasteiger partial charge in [0.15, 0.2) is 0 Å². The number of anilines is 1. The van der Waals surface area contributed by atoms with Crippen LogP contribution in [-0.2, 0) is 10.0 Å². The number of halogens is 2. The van der Waals surface area contributed by atoms with Gasteiger partial charge in [-0.1, -0.05) is 33.6 Å². The van der Waals surface area contributed by atoms with Gasteiger partial charge >= 0.3 is 0 Å². The number of sulfonamides is 1. The van der Waals surface area contributed by atoms with Crippen LogP contribution in [-0.4, -0.2) is 8.42 Å². The van der Waals surface area contributed by atoms with Gasteiger partial charge in [-0.25, -0.2) is 8.42 Å². The molecule has 0 spiro atoms. The second-order valence-corrected chi connectivity index (χ2v) is 7.48. The monoisotopic (exact) mass is 373 g/mol. The van der Waals surface area contributed by atoms with Crippen LogP contribution in [0.3, 0.4) is 0 Å². The summed E-state index contributed by atoms with van der Waals surface area (Å²) in [5.41, 5.74) is 2.32. The minimum Gasteiger partial charge on any atom is -0.278 e. The molecule has 0 fully saturated rings. The fourth-order valence-corrected chi connectivity index (χ4v) is 3.40. The zero-order valence-electron chi connectivity index (χ0n) is 10.9. The molecule has 0 saturated carbocycles. The first-order valence-corrected chi connectivity index (χ1v) is 8.50. The van der Waals surface area contributed by atoms with E-state index in [4.69, 9.17) is 11.6 Å². The molecule has 2 aromatic rings. The van der Waals surface area contributed by atoms with Crippen LogP contribution in [0.5, 0.6) is 0 Å². The maximum absolute atomic E-state index is 12.3. The van der Waals surface area contributed by atoms with Gasteiger partial charge in [0, 0.05) is 4.47 Å². The molecule has 3 nitrogen and oxygen atoms in total. The third-order valence-corrected chi connectivity index (χ3v) is 5.15. The van der Waals surface area contributed by atoms with Gasteiger partial charge in [0.25, 0.3) is 10.0 Å². The topological polar surface area (TPSA) is 46.2 Å². The van der Waals surface area contributed by atoms with E-state index < -0.39 is 10.0 Å². The highest BCUT2D eigenvalue weighted by Crippen LogP contribution is 2.28. The van der Waals surface area contributed by atoms with Gasteiger partial charge in [-0.05, 0) is 55.3 Å². The summed E-state index contributed by atoms with van der Waals surface area (Å²) in [6, 6.07) is 10.0. The summed E-state index contributed by atoms with van der Waals surface area (Å²) < 4.78 is 27.9. The standard InChI is InChI=1S/C14H13BrClNO2S/c1-9-3-5-12(7-10(9)2)20(18,19)17-14-8-11(15)4-6-13(14)16/h3-8,17H,1-2H3. The predicted molar refractivity (Wildman–Crippen MR) is 85.9 cm³/mol. The third kappa shape index (κ3) is 3.34. The minimum atomic E-state index is -3.65. The second kappa shape index (κ2) is 5.76. The highest BCUT2D eigenvalue weighted by atomic mass is 79.9. The average Bonchev–Trinajstić information content (AvgIpc) is 2.36. The SMILES string of the molecule is Cc1ccc(S(=O)(=O)Nc2cc(Br)ccc2Cl)cc1C. The fourth-order valence-electron chi connectivity index (χ4n) is 1.66. The summed E-state index contributed by atoms with van der Waals surface area (Å²) in [7, 11) is -3.65. The molecule has 0 atom stereocenters. The van der Waals surface area contributed by atoms with Crippen molar-refractivity contribution in [3.63, 3.8) is 0 Å². The normalized spacial score (nSPS) is 11.4. The molecule has 0 bridgehead atoms. The molecule has 20 heavy (non-hydrogen) atoms. The Morgan fingerprint density at radius 3 is 2.40 bits per heavy atom. The highest BCUT2D eigenvalue weighted by molar-refractivity contribution is 9.10. The molecule has 0 aliphatic carbocycles. The van der Waals surface area contributed by atoms with E-state index in [1.54, 1.807) is 36.4 Å². The molecule has 6 heteroatoms. The zero-order chi connectivity index (χ0) is 14.9. The molecule has 0 amide bonds. The summed E-state index contributed by atoms with van der Waals surface area (Å²) in [5.74, 6) is 0. The van der Waals surface area contributed by atoms with Crippen LogP contribution < -0.4 is 4.72 Å². The van der Waals surface area contributed by atoms with Crippen molar-refractivity contribution in [3.8, 4) is 0 Å². The van der Waals surface area contributed by atoms with E-state index in [0.717, 1.165) is 15.6 Å². The van der Waals surface area contributed by atoms with Crippen molar-refractivity contribution in [1.82, 2.24) is 0 Å². The lowest BCUT2D eigenvalue weighted by Crippen LogP contribution is -2.13. The molecule has 1 N–H and O–H groups in total. The average molecular weight is 375 g/mol. The van der Waals surface area contributed by atoms with Gasteiger partial charge in [-0.2, -0.15) is 0 Å². The van der Waals surface area contributed by atoms with E-state index in [1.165, 1.54) is 0 Å². The Hall–Kier alpha value is -1.04. The Balaban J connectivity index is 2.40. The van der Waals surface area contributed by atoms with Crippen molar-refractivity contribution in [2.45, 2.75) is 18.7 Å². The van der Waals surface area contributed by atoms with Crippen LogP contribution in [0, 0.1) is 13.8 Å². The van der Waals surface area contributed by atoms with Gasteiger partial charge < -0.3 is 0 Å². The first-order chi connectivity index (χ1) is 9.29. The molecular weight excluding hydrogens is 362 g/mol. The van der Waals surface area contributed by atoms with Gasteiger partial charge in [-0.3, -0.25) is 4.72 Å². The molecule has 2 aromatic carbocycles. The van der Waals surface area contributed by atoms with Crippen molar-refractivity contribution >= 4 is 43.2 Å². The van der Waals surface area contributed by atoms with Gasteiger partial charge in [-0.15, -0.1) is 0 Å². The Morgan fingerprint density at radius 1 is 1.05 bits per heavy atom. The Kier molecular flexibility index (Phi) is 4.42. The third-order valence-electron chi connectivity index (χ3n) is 2.96. The van der Waals surface area contributed by atoms with E-state index in [1.807, 2.05) is 13.8 Å². The maximum atomic E-state index is 12.3. The summed E-state index contributed by atoms with van der Waals surface area (Å²) in [6.45, 7) is 3.81. The second-order valence-electron chi connectivity index (χ2n) is 4.48. The van der Waals surface area contributed by atoms with E-state index in [2.05, 4.69) is 20.7 Å². The first-order valence-electron chi connectivity index (χ1n) is 5.85. The van der Waals surface area contributed by atoms with Gasteiger partial charge in [0.1, 0.15) is 0 Å². The molecule has 2 rings (SSSR count). The van der Waals surface area contributed by atoms with Crippen LogP contribution in [0.4, 0.5) is 5.69 Å². The minimum absolute atomic E-state index is 0.219. The lowest BCUT2D eigenvalue weighted by molar-refractivity contribution is 0.601. The lowest BCUT2D eigenvalue weighted by Gasteiger charge is -2.11. The van der Waals surface area contributed by atoms with E-state index in [-0.39, 0.29) is 4.90 Å². The summed E-state index contributed by atoms with van der Waals surface area (Å²) in [6.07, 6.45) is 0. The zero-order valence-corrected chi connectivity index (χ0v) is 14.1. The van der Waals surface area contributed by atoms with Gasteiger partial charge in [0.05, 0.1) is 15.6 Å². The van der Waals surface area contributed by atoms with Crippen molar-refractivity contribution in [3.05, 3.63) is 57.0 Å². The fraction of sp³-hybridized carbons (Fsp3) is 0.143.